The second kappa shape index (κ2) is 12.1. The molecule has 1 aromatic heterocycles. The first-order valence-corrected chi connectivity index (χ1v) is 15.2. The number of ether oxygens (including phenoxy) is 3. The van der Waals surface area contributed by atoms with Crippen molar-refractivity contribution >= 4 is 18.0 Å². The van der Waals surface area contributed by atoms with E-state index in [4.69, 9.17) is 19.2 Å². The molecule has 0 bridgehead atoms. The first-order valence-electron chi connectivity index (χ1n) is 15.2. The van der Waals surface area contributed by atoms with Crippen LogP contribution in [0.5, 0.6) is 0 Å². The Hall–Kier alpha value is -3.10. The van der Waals surface area contributed by atoms with Crippen molar-refractivity contribution in [2.45, 2.75) is 124 Å². The molecule has 43 heavy (non-hydrogen) atoms. The Morgan fingerprint density at radius 1 is 1.14 bits per heavy atom. The molecule has 0 saturated carbocycles. The summed E-state index contributed by atoms with van der Waals surface area (Å²) in [7, 11) is 0. The van der Waals surface area contributed by atoms with Crippen LogP contribution in [0.3, 0.4) is 0 Å². The number of amides is 1. The SMILES string of the molecule is CC(=O)N1Cc2c(nc(C(C)C)c(/C=C/[C@@H]3C[C@H](CC(=O)OC(C)(C)C)OC(C)(C)O3)c2-c2ccc(F)cc2)C(C)(C)C1. The van der Waals surface area contributed by atoms with Gasteiger partial charge in [0, 0.05) is 43.0 Å². The van der Waals surface area contributed by atoms with Crippen LogP contribution in [0.15, 0.2) is 30.3 Å². The molecule has 0 spiro atoms. The molecule has 1 amide bonds. The molecule has 0 N–H and O–H groups in total. The lowest BCUT2D eigenvalue weighted by molar-refractivity contribution is -0.290. The van der Waals surface area contributed by atoms with Crippen LogP contribution in [0.1, 0.15) is 111 Å². The number of hydrogen-bond acceptors (Lipinski definition) is 6. The van der Waals surface area contributed by atoms with E-state index >= 15 is 0 Å². The number of benzene rings is 1. The largest absolute Gasteiger partial charge is 0.460 e. The molecule has 7 nitrogen and oxygen atoms in total. The van der Waals surface area contributed by atoms with Gasteiger partial charge in [0.25, 0.3) is 0 Å². The maximum atomic E-state index is 14.1. The van der Waals surface area contributed by atoms with Crippen molar-refractivity contribution in [3.63, 3.8) is 0 Å². The summed E-state index contributed by atoms with van der Waals surface area (Å²) in [5.74, 6) is -1.43. The number of carbonyl (C=O) groups is 2. The summed E-state index contributed by atoms with van der Waals surface area (Å²) in [5.41, 5.74) is 4.63. The minimum absolute atomic E-state index is 0.00248. The average Bonchev–Trinajstić information content (AvgIpc) is 2.84. The standard InChI is InChI=1S/C35H47FN2O5/c1-21(2)31-27(16-15-25-17-26(42-35(9,10)41-25)18-29(40)43-33(4,5)6)30(23-11-13-24(36)14-12-23)28-19-38(22(3)39)20-34(7,8)32(28)37-31/h11-16,21,25-26H,17-20H2,1-10H3/b16-15+/t25-,26-/m1/s1. The number of fused-ring (bicyclic) bond motifs is 1. The Balaban J connectivity index is 1.81. The molecule has 2 atom stereocenters. The highest BCUT2D eigenvalue weighted by atomic mass is 19.1. The monoisotopic (exact) mass is 594 g/mol. The fourth-order valence-corrected chi connectivity index (χ4v) is 6.11. The van der Waals surface area contributed by atoms with E-state index in [1.165, 1.54) is 12.1 Å². The Labute approximate surface area is 255 Å². The van der Waals surface area contributed by atoms with Crippen LogP contribution in [0, 0.1) is 5.82 Å². The summed E-state index contributed by atoms with van der Waals surface area (Å²) in [6, 6.07) is 6.51. The van der Waals surface area contributed by atoms with Gasteiger partial charge in [0.05, 0.1) is 30.0 Å². The molecule has 8 heteroatoms. The number of hydrogen-bond donors (Lipinski definition) is 0. The van der Waals surface area contributed by atoms with Crippen LogP contribution >= 0.6 is 0 Å². The summed E-state index contributed by atoms with van der Waals surface area (Å²) < 4.78 is 32.0. The highest BCUT2D eigenvalue weighted by Crippen LogP contribution is 2.42. The third kappa shape index (κ3) is 7.90. The Morgan fingerprint density at radius 3 is 2.37 bits per heavy atom. The third-order valence-corrected chi connectivity index (χ3v) is 7.74. The second-order valence-corrected chi connectivity index (χ2v) is 14.2. The van der Waals surface area contributed by atoms with Gasteiger partial charge in [-0.1, -0.05) is 52.0 Å². The number of carbonyl (C=O) groups excluding carboxylic acids is 2. The Kier molecular flexibility index (Phi) is 9.25. The minimum Gasteiger partial charge on any atom is -0.460 e. The fraction of sp³-hybridized carbons (Fsp3) is 0.571. The minimum atomic E-state index is -0.902. The highest BCUT2D eigenvalue weighted by molar-refractivity contribution is 5.82. The van der Waals surface area contributed by atoms with Crippen LogP contribution in [0.25, 0.3) is 17.2 Å². The molecule has 1 aromatic carbocycles. The Bertz CT molecular complexity index is 1390. The zero-order valence-electron chi connectivity index (χ0n) is 27.3. The van der Waals surface area contributed by atoms with Crippen LogP contribution in [0.2, 0.25) is 0 Å². The van der Waals surface area contributed by atoms with Crippen molar-refractivity contribution in [2.24, 2.45) is 0 Å². The van der Waals surface area contributed by atoms with Crippen molar-refractivity contribution in [3.05, 3.63) is 58.7 Å². The molecule has 2 aromatic rings. The summed E-state index contributed by atoms with van der Waals surface area (Å²) in [5, 5.41) is 0. The number of aromatic nitrogens is 1. The molecule has 0 radical (unpaired) electrons. The lowest BCUT2D eigenvalue weighted by Gasteiger charge is -2.41. The molecule has 1 saturated heterocycles. The van der Waals surface area contributed by atoms with Gasteiger partial charge < -0.3 is 19.1 Å². The van der Waals surface area contributed by atoms with E-state index in [1.54, 1.807) is 19.1 Å². The molecule has 1 fully saturated rings. The topological polar surface area (TPSA) is 78.0 Å². The van der Waals surface area contributed by atoms with E-state index < -0.39 is 11.4 Å². The fourth-order valence-electron chi connectivity index (χ4n) is 6.11. The lowest BCUT2D eigenvalue weighted by Crippen LogP contribution is -2.45. The Morgan fingerprint density at radius 2 is 1.79 bits per heavy atom. The van der Waals surface area contributed by atoms with Gasteiger partial charge in [0.15, 0.2) is 5.79 Å². The van der Waals surface area contributed by atoms with E-state index in [9.17, 15) is 14.0 Å². The van der Waals surface area contributed by atoms with Crippen LogP contribution in [-0.4, -0.2) is 51.9 Å². The molecule has 2 aliphatic heterocycles. The van der Waals surface area contributed by atoms with E-state index in [1.807, 2.05) is 51.7 Å². The smallest absolute Gasteiger partial charge is 0.308 e. The third-order valence-electron chi connectivity index (χ3n) is 7.74. The highest BCUT2D eigenvalue weighted by Gasteiger charge is 2.39. The number of esters is 1. The van der Waals surface area contributed by atoms with E-state index in [0.29, 0.717) is 19.5 Å². The van der Waals surface area contributed by atoms with Crippen LogP contribution < -0.4 is 0 Å². The van der Waals surface area contributed by atoms with Crippen molar-refractivity contribution in [1.29, 1.82) is 0 Å². The summed E-state index contributed by atoms with van der Waals surface area (Å²) in [6.45, 7) is 20.3. The van der Waals surface area contributed by atoms with Crippen molar-refractivity contribution in [3.8, 4) is 11.1 Å². The predicted octanol–water partition coefficient (Wildman–Crippen LogP) is 7.31. The van der Waals surface area contributed by atoms with Gasteiger partial charge >= 0.3 is 5.97 Å². The maximum absolute atomic E-state index is 14.1. The summed E-state index contributed by atoms with van der Waals surface area (Å²) in [4.78, 5) is 32.3. The first-order chi connectivity index (χ1) is 19.8. The normalized spacial score (nSPS) is 21.6. The second-order valence-electron chi connectivity index (χ2n) is 14.2. The molecule has 3 heterocycles. The lowest BCUT2D eigenvalue weighted by atomic mass is 9.77. The quantitative estimate of drug-likeness (QED) is 0.327. The first kappa shape index (κ1) is 32.8. The van der Waals surface area contributed by atoms with Gasteiger partial charge in [-0.3, -0.25) is 14.6 Å². The van der Waals surface area contributed by atoms with Gasteiger partial charge in [-0.2, -0.15) is 0 Å². The van der Waals surface area contributed by atoms with Crippen molar-refractivity contribution in [2.75, 3.05) is 6.54 Å². The molecule has 0 unspecified atom stereocenters. The molecule has 0 aliphatic carbocycles. The van der Waals surface area contributed by atoms with Crippen molar-refractivity contribution in [1.82, 2.24) is 9.88 Å². The molecular weight excluding hydrogens is 547 g/mol. The van der Waals surface area contributed by atoms with Gasteiger partial charge in [-0.15, -0.1) is 0 Å². The van der Waals surface area contributed by atoms with Gasteiger partial charge in [0.2, 0.25) is 5.91 Å². The molecule has 4 rings (SSSR count). The van der Waals surface area contributed by atoms with Gasteiger partial charge in [-0.05, 0) is 63.8 Å². The average molecular weight is 595 g/mol. The van der Waals surface area contributed by atoms with Crippen LogP contribution in [-0.2, 0) is 35.8 Å². The van der Waals surface area contributed by atoms with Crippen molar-refractivity contribution < 1.29 is 28.2 Å². The zero-order chi connectivity index (χ0) is 31.9. The van der Waals surface area contributed by atoms with E-state index in [-0.39, 0.29) is 47.7 Å². The molecule has 2 aliphatic rings. The molecular formula is C35H47FN2O5. The van der Waals surface area contributed by atoms with Gasteiger partial charge in [0.1, 0.15) is 11.4 Å². The summed E-state index contributed by atoms with van der Waals surface area (Å²) >= 11 is 0. The number of halogens is 1. The zero-order valence-corrected chi connectivity index (χ0v) is 27.3. The van der Waals surface area contributed by atoms with Gasteiger partial charge in [-0.25, -0.2) is 4.39 Å². The maximum Gasteiger partial charge on any atom is 0.308 e. The number of nitrogens with zero attached hydrogens (tertiary/aromatic N) is 2. The molecule has 234 valence electrons. The number of pyridine rings is 1. The summed E-state index contributed by atoms with van der Waals surface area (Å²) in [6.07, 6.45) is 3.94. The van der Waals surface area contributed by atoms with Crippen LogP contribution in [0.4, 0.5) is 4.39 Å². The predicted molar refractivity (Wildman–Crippen MR) is 166 cm³/mol. The number of rotatable bonds is 6. The van der Waals surface area contributed by atoms with E-state index in [0.717, 1.165) is 33.6 Å². The van der Waals surface area contributed by atoms with E-state index in [2.05, 4.69) is 27.7 Å².